The Morgan fingerprint density at radius 2 is 2.04 bits per heavy atom. The lowest BCUT2D eigenvalue weighted by Gasteiger charge is -2.30. The molecular formula is C17H20BrN3O2. The highest BCUT2D eigenvalue weighted by Crippen LogP contribution is 2.27. The molecule has 0 atom stereocenters. The lowest BCUT2D eigenvalue weighted by Crippen LogP contribution is -2.42. The van der Waals surface area contributed by atoms with Crippen LogP contribution in [0.3, 0.4) is 0 Å². The van der Waals surface area contributed by atoms with E-state index in [1.165, 1.54) is 0 Å². The first-order valence-corrected chi connectivity index (χ1v) is 8.59. The Kier molecular flexibility index (Phi) is 4.43. The molecule has 1 saturated heterocycles. The highest BCUT2D eigenvalue weighted by Gasteiger charge is 2.26. The maximum atomic E-state index is 12.6. The van der Waals surface area contributed by atoms with E-state index in [9.17, 15) is 9.59 Å². The lowest BCUT2D eigenvalue weighted by atomic mass is 9.95. The van der Waals surface area contributed by atoms with Gasteiger partial charge in [0, 0.05) is 40.1 Å². The molecule has 0 bridgehead atoms. The number of aromatic amines is 1. The molecule has 1 aromatic heterocycles. The third-order valence-electron chi connectivity index (χ3n) is 4.66. The molecule has 2 amide bonds. The second-order valence-electron chi connectivity index (χ2n) is 6.15. The van der Waals surface area contributed by atoms with Crippen LogP contribution in [-0.2, 0) is 16.0 Å². The summed E-state index contributed by atoms with van der Waals surface area (Å²) in [4.78, 5) is 29.0. The Bertz CT molecular complexity index is 761. The van der Waals surface area contributed by atoms with Crippen LogP contribution in [0.2, 0.25) is 0 Å². The molecule has 5 nitrogen and oxygen atoms in total. The number of fused-ring (bicyclic) bond motifs is 1. The minimum absolute atomic E-state index is 0.0927. The van der Waals surface area contributed by atoms with Crippen molar-refractivity contribution in [2.75, 3.05) is 13.1 Å². The average molecular weight is 378 g/mol. The number of aryl methyl sites for hydroxylation is 1. The predicted molar refractivity (Wildman–Crippen MR) is 92.9 cm³/mol. The van der Waals surface area contributed by atoms with Crippen LogP contribution in [0.15, 0.2) is 22.7 Å². The van der Waals surface area contributed by atoms with E-state index in [2.05, 4.69) is 20.9 Å². The van der Waals surface area contributed by atoms with Crippen molar-refractivity contribution in [2.45, 2.75) is 26.2 Å². The number of primary amides is 1. The molecular weight excluding hydrogens is 358 g/mol. The second-order valence-corrected chi connectivity index (χ2v) is 7.07. The number of nitrogens with one attached hydrogen (secondary N) is 1. The summed E-state index contributed by atoms with van der Waals surface area (Å²) in [6.45, 7) is 3.21. The summed E-state index contributed by atoms with van der Waals surface area (Å²) in [6.07, 6.45) is 1.71. The van der Waals surface area contributed by atoms with Gasteiger partial charge in [-0.25, -0.2) is 0 Å². The first-order valence-electron chi connectivity index (χ1n) is 7.79. The lowest BCUT2D eigenvalue weighted by molar-refractivity contribution is -0.134. The van der Waals surface area contributed by atoms with Crippen LogP contribution < -0.4 is 5.73 Å². The standard InChI is InChI=1S/C17H20BrN3O2/c1-10-13(14-8-12(18)2-3-15(14)20-10)9-16(22)21-6-4-11(5-7-21)17(19)23/h2-3,8,11,20H,4-7,9H2,1H3,(H2,19,23). The number of piperidine rings is 1. The van der Waals surface area contributed by atoms with Crippen molar-refractivity contribution < 1.29 is 9.59 Å². The molecule has 3 N–H and O–H groups in total. The monoisotopic (exact) mass is 377 g/mol. The van der Waals surface area contributed by atoms with Crippen molar-refractivity contribution >= 4 is 38.6 Å². The number of nitrogens with two attached hydrogens (primary N) is 1. The Hall–Kier alpha value is -1.82. The first kappa shape index (κ1) is 16.1. The van der Waals surface area contributed by atoms with Gasteiger partial charge in [0.1, 0.15) is 0 Å². The average Bonchev–Trinajstić information content (AvgIpc) is 2.83. The number of carbonyl (C=O) groups is 2. The van der Waals surface area contributed by atoms with E-state index in [0.29, 0.717) is 32.4 Å². The molecule has 122 valence electrons. The maximum Gasteiger partial charge on any atom is 0.227 e. The molecule has 0 aliphatic carbocycles. The van der Waals surface area contributed by atoms with Gasteiger partial charge in [-0.3, -0.25) is 9.59 Å². The van der Waals surface area contributed by atoms with E-state index in [1.807, 2.05) is 30.0 Å². The third kappa shape index (κ3) is 3.27. The number of hydrogen-bond donors (Lipinski definition) is 2. The molecule has 0 radical (unpaired) electrons. The van der Waals surface area contributed by atoms with E-state index in [0.717, 1.165) is 26.6 Å². The molecule has 1 fully saturated rings. The van der Waals surface area contributed by atoms with Gasteiger partial charge in [-0.15, -0.1) is 0 Å². The van der Waals surface area contributed by atoms with Crippen LogP contribution >= 0.6 is 15.9 Å². The van der Waals surface area contributed by atoms with Gasteiger partial charge in [0.05, 0.1) is 6.42 Å². The fourth-order valence-electron chi connectivity index (χ4n) is 3.26. The molecule has 3 rings (SSSR count). The van der Waals surface area contributed by atoms with Crippen molar-refractivity contribution in [1.29, 1.82) is 0 Å². The highest BCUT2D eigenvalue weighted by atomic mass is 79.9. The van der Waals surface area contributed by atoms with Gasteiger partial charge in [0.15, 0.2) is 0 Å². The second kappa shape index (κ2) is 6.35. The van der Waals surface area contributed by atoms with Gasteiger partial charge in [-0.05, 0) is 43.5 Å². The fraction of sp³-hybridized carbons (Fsp3) is 0.412. The van der Waals surface area contributed by atoms with Crippen LogP contribution in [-0.4, -0.2) is 34.8 Å². The molecule has 2 heterocycles. The zero-order valence-corrected chi connectivity index (χ0v) is 14.6. The van der Waals surface area contributed by atoms with E-state index < -0.39 is 0 Å². The van der Waals surface area contributed by atoms with E-state index >= 15 is 0 Å². The molecule has 6 heteroatoms. The van der Waals surface area contributed by atoms with Gasteiger partial charge >= 0.3 is 0 Å². The quantitative estimate of drug-likeness (QED) is 0.861. The van der Waals surface area contributed by atoms with Crippen LogP contribution in [0.5, 0.6) is 0 Å². The number of likely N-dealkylation sites (tertiary alicyclic amines) is 1. The van der Waals surface area contributed by atoms with Crippen molar-refractivity contribution in [3.63, 3.8) is 0 Å². The zero-order valence-electron chi connectivity index (χ0n) is 13.1. The number of rotatable bonds is 3. The van der Waals surface area contributed by atoms with Crippen molar-refractivity contribution in [3.8, 4) is 0 Å². The summed E-state index contributed by atoms with van der Waals surface area (Å²) in [5.41, 5.74) is 8.46. The first-order chi connectivity index (χ1) is 11.0. The minimum atomic E-state index is -0.255. The van der Waals surface area contributed by atoms with Gasteiger partial charge in [0.25, 0.3) is 0 Å². The highest BCUT2D eigenvalue weighted by molar-refractivity contribution is 9.10. The number of H-pyrrole nitrogens is 1. The van der Waals surface area contributed by atoms with Crippen molar-refractivity contribution in [1.82, 2.24) is 9.88 Å². The predicted octanol–water partition coefficient (Wildman–Crippen LogP) is 2.51. The Labute approximate surface area is 143 Å². The fourth-order valence-corrected chi connectivity index (χ4v) is 3.62. The van der Waals surface area contributed by atoms with Gasteiger partial charge in [-0.2, -0.15) is 0 Å². The SMILES string of the molecule is Cc1[nH]c2ccc(Br)cc2c1CC(=O)N1CCC(C(N)=O)CC1. The number of amides is 2. The Morgan fingerprint density at radius 1 is 1.35 bits per heavy atom. The molecule has 1 aliphatic rings. The summed E-state index contributed by atoms with van der Waals surface area (Å²) in [6, 6.07) is 6.04. The molecule has 0 saturated carbocycles. The smallest absolute Gasteiger partial charge is 0.227 e. The van der Waals surface area contributed by atoms with Crippen LogP contribution in [0.4, 0.5) is 0 Å². The molecule has 0 unspecified atom stereocenters. The molecule has 23 heavy (non-hydrogen) atoms. The summed E-state index contributed by atoms with van der Waals surface area (Å²) in [5.74, 6) is -0.240. The summed E-state index contributed by atoms with van der Waals surface area (Å²) in [7, 11) is 0. The Balaban J connectivity index is 1.75. The normalized spacial score (nSPS) is 16.0. The van der Waals surface area contributed by atoms with Gasteiger partial charge in [0.2, 0.25) is 11.8 Å². The van der Waals surface area contributed by atoms with E-state index in [4.69, 9.17) is 5.73 Å². The van der Waals surface area contributed by atoms with Crippen LogP contribution in [0, 0.1) is 12.8 Å². The number of benzene rings is 1. The summed E-state index contributed by atoms with van der Waals surface area (Å²) >= 11 is 3.49. The molecule has 0 spiro atoms. The number of hydrogen-bond acceptors (Lipinski definition) is 2. The Morgan fingerprint density at radius 3 is 2.70 bits per heavy atom. The molecule has 1 aromatic carbocycles. The van der Waals surface area contributed by atoms with Gasteiger partial charge < -0.3 is 15.6 Å². The largest absolute Gasteiger partial charge is 0.369 e. The zero-order chi connectivity index (χ0) is 16.6. The van der Waals surface area contributed by atoms with Crippen LogP contribution in [0.25, 0.3) is 10.9 Å². The summed E-state index contributed by atoms with van der Waals surface area (Å²) < 4.78 is 1.000. The van der Waals surface area contributed by atoms with Crippen molar-refractivity contribution in [2.24, 2.45) is 11.7 Å². The van der Waals surface area contributed by atoms with E-state index in [1.54, 1.807) is 0 Å². The topological polar surface area (TPSA) is 79.2 Å². The van der Waals surface area contributed by atoms with E-state index in [-0.39, 0.29) is 17.7 Å². The van der Waals surface area contributed by atoms with Crippen LogP contribution in [0.1, 0.15) is 24.1 Å². The number of nitrogens with zero attached hydrogens (tertiary/aromatic N) is 1. The number of halogens is 1. The summed E-state index contributed by atoms with van der Waals surface area (Å²) in [5, 5.41) is 1.08. The number of carbonyl (C=O) groups excluding carboxylic acids is 2. The molecule has 2 aromatic rings. The van der Waals surface area contributed by atoms with Gasteiger partial charge in [-0.1, -0.05) is 15.9 Å². The van der Waals surface area contributed by atoms with Crippen molar-refractivity contribution in [3.05, 3.63) is 33.9 Å². The molecule has 1 aliphatic heterocycles. The maximum absolute atomic E-state index is 12.6. The number of aromatic nitrogens is 1. The third-order valence-corrected chi connectivity index (χ3v) is 5.15. The minimum Gasteiger partial charge on any atom is -0.369 e.